The van der Waals surface area contributed by atoms with Gasteiger partial charge in [0.2, 0.25) is 0 Å². The zero-order valence-corrected chi connectivity index (χ0v) is 12.3. The van der Waals surface area contributed by atoms with Gasteiger partial charge in [0.15, 0.2) is 0 Å². The van der Waals surface area contributed by atoms with Crippen LogP contribution in [0.3, 0.4) is 0 Å². The second kappa shape index (κ2) is 5.80. The predicted molar refractivity (Wildman–Crippen MR) is 74.2 cm³/mol. The van der Waals surface area contributed by atoms with E-state index in [4.69, 9.17) is 4.74 Å². The molecule has 2 fully saturated rings. The van der Waals surface area contributed by atoms with Gasteiger partial charge in [0.05, 0.1) is 6.61 Å². The number of aliphatic carboxylic acids is 1. The molecule has 0 aliphatic carbocycles. The second-order valence-corrected chi connectivity index (χ2v) is 6.68. The van der Waals surface area contributed by atoms with Crippen LogP contribution < -0.4 is 0 Å². The molecule has 0 bridgehead atoms. The van der Waals surface area contributed by atoms with E-state index in [1.807, 2.05) is 0 Å². The third-order valence-corrected chi connectivity index (χ3v) is 5.22. The minimum absolute atomic E-state index is 0.379. The van der Waals surface area contributed by atoms with Gasteiger partial charge in [-0.25, -0.2) is 0 Å². The zero-order valence-electron chi connectivity index (χ0n) is 12.3. The van der Waals surface area contributed by atoms with Crippen molar-refractivity contribution in [3.63, 3.8) is 0 Å². The van der Waals surface area contributed by atoms with Gasteiger partial charge in [0, 0.05) is 13.2 Å². The Kier molecular flexibility index (Phi) is 4.51. The van der Waals surface area contributed by atoms with Crippen LogP contribution in [-0.2, 0) is 9.53 Å². The molecule has 1 atom stereocenters. The molecule has 19 heavy (non-hydrogen) atoms. The minimum Gasteiger partial charge on any atom is -0.481 e. The zero-order chi connectivity index (χ0) is 13.9. The predicted octanol–water partition coefficient (Wildman–Crippen LogP) is 2.38. The van der Waals surface area contributed by atoms with Gasteiger partial charge in [-0.15, -0.1) is 0 Å². The molecule has 2 heterocycles. The summed E-state index contributed by atoms with van der Waals surface area (Å²) in [5, 5.41) is 9.56. The van der Waals surface area contributed by atoms with Crippen molar-refractivity contribution in [2.24, 2.45) is 10.8 Å². The van der Waals surface area contributed by atoms with Crippen LogP contribution in [0.4, 0.5) is 0 Å². The first kappa shape index (κ1) is 14.8. The Balaban J connectivity index is 1.94. The van der Waals surface area contributed by atoms with Gasteiger partial charge in [-0.05, 0) is 44.2 Å². The van der Waals surface area contributed by atoms with Crippen LogP contribution in [-0.4, -0.2) is 48.8 Å². The van der Waals surface area contributed by atoms with E-state index in [1.165, 1.54) is 19.3 Å². The molecular weight excluding hydrogens is 242 g/mol. The van der Waals surface area contributed by atoms with E-state index in [2.05, 4.69) is 18.7 Å². The molecule has 1 unspecified atom stereocenters. The molecule has 0 aromatic rings. The number of hydrogen-bond acceptors (Lipinski definition) is 3. The number of hydrogen-bond donors (Lipinski definition) is 1. The molecule has 2 aliphatic heterocycles. The normalized spacial score (nSPS) is 32.1. The molecule has 2 saturated heterocycles. The smallest absolute Gasteiger partial charge is 0.313 e. The fourth-order valence-corrected chi connectivity index (χ4v) is 3.25. The molecule has 0 aromatic carbocycles. The summed E-state index contributed by atoms with van der Waals surface area (Å²) >= 11 is 0. The van der Waals surface area contributed by atoms with Gasteiger partial charge in [0.25, 0.3) is 0 Å². The number of carboxylic acids is 1. The highest BCUT2D eigenvalue weighted by Crippen LogP contribution is 2.36. The maximum atomic E-state index is 11.6. The molecule has 2 rings (SSSR count). The van der Waals surface area contributed by atoms with Crippen LogP contribution in [0.25, 0.3) is 0 Å². The Hall–Kier alpha value is -0.610. The van der Waals surface area contributed by atoms with Gasteiger partial charge in [-0.3, -0.25) is 4.79 Å². The molecule has 110 valence electrons. The Bertz CT molecular complexity index is 315. The molecule has 0 amide bonds. The molecule has 0 spiro atoms. The lowest BCUT2D eigenvalue weighted by molar-refractivity contribution is -0.160. The maximum Gasteiger partial charge on any atom is 0.313 e. The lowest BCUT2D eigenvalue weighted by Gasteiger charge is -2.43. The molecule has 4 nitrogen and oxygen atoms in total. The average Bonchev–Trinajstić information content (AvgIpc) is 2.43. The molecule has 0 radical (unpaired) electrons. The van der Waals surface area contributed by atoms with E-state index in [0.29, 0.717) is 25.2 Å². The van der Waals surface area contributed by atoms with Crippen molar-refractivity contribution in [3.8, 4) is 0 Å². The van der Waals surface area contributed by atoms with E-state index < -0.39 is 11.4 Å². The minimum atomic E-state index is -0.684. The van der Waals surface area contributed by atoms with Crippen molar-refractivity contribution in [2.45, 2.75) is 46.0 Å². The summed E-state index contributed by atoms with van der Waals surface area (Å²) in [6.07, 6.45) is 5.20. The van der Waals surface area contributed by atoms with Crippen LogP contribution in [0.5, 0.6) is 0 Å². The van der Waals surface area contributed by atoms with Crippen LogP contribution in [0.2, 0.25) is 0 Å². The van der Waals surface area contributed by atoms with E-state index in [9.17, 15) is 9.90 Å². The van der Waals surface area contributed by atoms with Gasteiger partial charge >= 0.3 is 5.97 Å². The average molecular weight is 269 g/mol. The maximum absolute atomic E-state index is 11.6. The van der Waals surface area contributed by atoms with Gasteiger partial charge in [-0.1, -0.05) is 20.3 Å². The number of nitrogens with zero attached hydrogens (tertiary/aromatic N) is 1. The lowest BCUT2D eigenvalue weighted by atomic mass is 9.76. The molecule has 1 N–H and O–H groups in total. The highest BCUT2D eigenvalue weighted by atomic mass is 16.5. The monoisotopic (exact) mass is 269 g/mol. The van der Waals surface area contributed by atoms with E-state index >= 15 is 0 Å². The highest BCUT2D eigenvalue weighted by Gasteiger charge is 2.43. The van der Waals surface area contributed by atoms with Crippen molar-refractivity contribution in [3.05, 3.63) is 0 Å². The van der Waals surface area contributed by atoms with Crippen LogP contribution in [0.1, 0.15) is 46.0 Å². The number of ether oxygens (including phenoxy) is 1. The molecule has 4 heteroatoms. The van der Waals surface area contributed by atoms with Crippen LogP contribution in [0.15, 0.2) is 0 Å². The van der Waals surface area contributed by atoms with Crippen molar-refractivity contribution in [1.82, 2.24) is 4.90 Å². The third kappa shape index (κ3) is 3.29. The fraction of sp³-hybridized carbons (Fsp3) is 0.933. The number of likely N-dealkylation sites (tertiary alicyclic amines) is 1. The first-order valence-corrected chi connectivity index (χ1v) is 7.53. The highest BCUT2D eigenvalue weighted by molar-refractivity contribution is 5.75. The number of carbonyl (C=O) groups is 1. The topological polar surface area (TPSA) is 49.8 Å². The first-order valence-electron chi connectivity index (χ1n) is 7.53. The Morgan fingerprint density at radius 3 is 2.47 bits per heavy atom. The third-order valence-electron chi connectivity index (χ3n) is 5.22. The number of piperidine rings is 1. The number of rotatable bonds is 4. The summed E-state index contributed by atoms with van der Waals surface area (Å²) in [5.74, 6) is -0.684. The standard InChI is InChI=1S/C15H27NO3/c1-3-14(2)6-8-16(9-7-14)11-15(13(17)18)5-4-10-19-12-15/h3-12H2,1-2H3,(H,17,18). The second-order valence-electron chi connectivity index (χ2n) is 6.68. The number of carboxylic acid groups (broad SMARTS) is 1. The Morgan fingerprint density at radius 1 is 1.32 bits per heavy atom. The molecule has 0 aromatic heterocycles. The molecule has 2 aliphatic rings. The Morgan fingerprint density at radius 2 is 2.00 bits per heavy atom. The van der Waals surface area contributed by atoms with Gasteiger partial charge in [-0.2, -0.15) is 0 Å². The summed E-state index contributed by atoms with van der Waals surface area (Å²) < 4.78 is 5.44. The summed E-state index contributed by atoms with van der Waals surface area (Å²) in [4.78, 5) is 14.0. The van der Waals surface area contributed by atoms with Crippen molar-refractivity contribution >= 4 is 5.97 Å². The quantitative estimate of drug-likeness (QED) is 0.851. The van der Waals surface area contributed by atoms with Crippen LogP contribution >= 0.6 is 0 Å². The van der Waals surface area contributed by atoms with Crippen molar-refractivity contribution in [2.75, 3.05) is 32.8 Å². The van der Waals surface area contributed by atoms with Crippen molar-refractivity contribution in [1.29, 1.82) is 0 Å². The van der Waals surface area contributed by atoms with Crippen LogP contribution in [0, 0.1) is 10.8 Å². The van der Waals surface area contributed by atoms with E-state index in [1.54, 1.807) is 0 Å². The largest absolute Gasteiger partial charge is 0.481 e. The van der Waals surface area contributed by atoms with E-state index in [0.717, 1.165) is 25.9 Å². The van der Waals surface area contributed by atoms with Gasteiger partial charge < -0.3 is 14.7 Å². The lowest BCUT2D eigenvalue weighted by Crippen LogP contribution is -2.51. The van der Waals surface area contributed by atoms with Crippen molar-refractivity contribution < 1.29 is 14.6 Å². The van der Waals surface area contributed by atoms with E-state index in [-0.39, 0.29) is 0 Å². The summed E-state index contributed by atoms with van der Waals surface area (Å²) in [7, 11) is 0. The summed E-state index contributed by atoms with van der Waals surface area (Å²) in [5.41, 5.74) is -0.214. The molecular formula is C15H27NO3. The fourth-order valence-electron chi connectivity index (χ4n) is 3.25. The van der Waals surface area contributed by atoms with Gasteiger partial charge in [0.1, 0.15) is 5.41 Å². The SMILES string of the molecule is CCC1(C)CCN(CC2(C(=O)O)CCCOC2)CC1. The first-order chi connectivity index (χ1) is 9.00. The summed E-state index contributed by atoms with van der Waals surface area (Å²) in [6.45, 7) is 8.40. The summed E-state index contributed by atoms with van der Waals surface area (Å²) in [6, 6.07) is 0. The Labute approximate surface area is 116 Å². The molecule has 0 saturated carbocycles.